The average Bonchev–Trinajstić information content (AvgIpc) is 2.78. The highest BCUT2D eigenvalue weighted by molar-refractivity contribution is 5.96. The van der Waals surface area contributed by atoms with Crippen LogP contribution < -0.4 is 10.2 Å². The van der Waals surface area contributed by atoms with Gasteiger partial charge >= 0.3 is 18.4 Å². The standard InChI is InChI=1S/C23H21F6N3O2/c24-22(25,26)16-6-4-14(5-7-16)12-19(33)31-10-8-17(9-11-31)32-20-15(13-30-21(32)34)2-1-3-18(20)23(27,28)29/h1-7,17H,8-13H2,(H,30,34). The quantitative estimate of drug-likeness (QED) is 0.623. The summed E-state index contributed by atoms with van der Waals surface area (Å²) in [6, 6.07) is 6.99. The lowest BCUT2D eigenvalue weighted by molar-refractivity contribution is -0.138. The summed E-state index contributed by atoms with van der Waals surface area (Å²) in [6.45, 7) is 0.438. The van der Waals surface area contributed by atoms with Gasteiger partial charge in [-0.1, -0.05) is 24.3 Å². The van der Waals surface area contributed by atoms with Crippen LogP contribution in [0.1, 0.15) is 35.1 Å². The molecule has 2 heterocycles. The van der Waals surface area contributed by atoms with Crippen LogP contribution in [0.2, 0.25) is 0 Å². The van der Waals surface area contributed by atoms with Crippen LogP contribution in [0.5, 0.6) is 0 Å². The summed E-state index contributed by atoms with van der Waals surface area (Å²) >= 11 is 0. The summed E-state index contributed by atoms with van der Waals surface area (Å²) < 4.78 is 79.0. The van der Waals surface area contributed by atoms with Gasteiger partial charge in [-0.25, -0.2) is 4.79 Å². The third-order valence-corrected chi connectivity index (χ3v) is 6.13. The van der Waals surface area contributed by atoms with Crippen molar-refractivity contribution in [1.82, 2.24) is 10.2 Å². The maximum Gasteiger partial charge on any atom is 0.418 e. The molecule has 1 fully saturated rings. The third-order valence-electron chi connectivity index (χ3n) is 6.13. The number of urea groups is 1. The van der Waals surface area contributed by atoms with Crippen molar-refractivity contribution in [3.63, 3.8) is 0 Å². The molecule has 34 heavy (non-hydrogen) atoms. The van der Waals surface area contributed by atoms with E-state index in [1.807, 2.05) is 0 Å². The van der Waals surface area contributed by atoms with Gasteiger partial charge in [0.1, 0.15) is 0 Å². The molecule has 2 aliphatic rings. The number of hydrogen-bond acceptors (Lipinski definition) is 2. The fourth-order valence-corrected chi connectivity index (χ4v) is 4.42. The normalized spacial score (nSPS) is 17.4. The molecule has 2 aliphatic heterocycles. The number of alkyl halides is 6. The molecule has 11 heteroatoms. The smallest absolute Gasteiger partial charge is 0.342 e. The SMILES string of the molecule is O=C(Cc1ccc(C(F)(F)F)cc1)N1CCC(N2C(=O)NCc3cccc(C(F)(F)F)c32)CC1. The predicted octanol–water partition coefficient (Wildman–Crippen LogP) is 4.99. The third kappa shape index (κ3) is 4.83. The number of rotatable bonds is 3. The molecule has 1 saturated heterocycles. The van der Waals surface area contributed by atoms with Crippen molar-refractivity contribution >= 4 is 17.6 Å². The van der Waals surface area contributed by atoms with Gasteiger partial charge < -0.3 is 10.2 Å². The number of nitrogens with zero attached hydrogens (tertiary/aromatic N) is 2. The molecule has 0 aromatic heterocycles. The number of carbonyl (C=O) groups excluding carboxylic acids is 2. The Labute approximate surface area is 191 Å². The molecule has 1 N–H and O–H groups in total. The number of fused-ring (bicyclic) bond motifs is 1. The summed E-state index contributed by atoms with van der Waals surface area (Å²) in [6.07, 6.45) is -8.63. The van der Waals surface area contributed by atoms with Gasteiger partial charge in [-0.05, 0) is 42.2 Å². The Morgan fingerprint density at radius 3 is 2.18 bits per heavy atom. The highest BCUT2D eigenvalue weighted by atomic mass is 19.4. The Bertz CT molecular complexity index is 1070. The first-order valence-corrected chi connectivity index (χ1v) is 10.6. The first-order chi connectivity index (χ1) is 15.9. The number of halogens is 6. The summed E-state index contributed by atoms with van der Waals surface area (Å²) in [5.41, 5.74) is -1.02. The summed E-state index contributed by atoms with van der Waals surface area (Å²) in [5, 5.41) is 2.61. The zero-order chi connectivity index (χ0) is 24.7. The predicted molar refractivity (Wildman–Crippen MR) is 111 cm³/mol. The summed E-state index contributed by atoms with van der Waals surface area (Å²) in [5.74, 6) is -0.294. The summed E-state index contributed by atoms with van der Waals surface area (Å²) in [4.78, 5) is 27.9. The van der Waals surface area contributed by atoms with Crippen molar-refractivity contribution in [3.8, 4) is 0 Å². The van der Waals surface area contributed by atoms with Crippen molar-refractivity contribution in [3.05, 3.63) is 64.7 Å². The lowest BCUT2D eigenvalue weighted by Gasteiger charge is -2.42. The van der Waals surface area contributed by atoms with Crippen molar-refractivity contribution < 1.29 is 35.9 Å². The van der Waals surface area contributed by atoms with E-state index in [1.165, 1.54) is 23.1 Å². The maximum absolute atomic E-state index is 13.6. The van der Waals surface area contributed by atoms with Gasteiger partial charge in [0.25, 0.3) is 0 Å². The number of likely N-dealkylation sites (tertiary alicyclic amines) is 1. The molecule has 182 valence electrons. The number of piperidine rings is 1. The van der Waals surface area contributed by atoms with E-state index in [4.69, 9.17) is 0 Å². The molecule has 2 aromatic rings. The number of nitrogens with one attached hydrogen (secondary N) is 1. The largest absolute Gasteiger partial charge is 0.418 e. The highest BCUT2D eigenvalue weighted by Gasteiger charge is 2.41. The molecular weight excluding hydrogens is 464 g/mol. The van der Waals surface area contributed by atoms with Gasteiger partial charge in [-0.15, -0.1) is 0 Å². The van der Waals surface area contributed by atoms with Crippen LogP contribution in [-0.4, -0.2) is 36.0 Å². The van der Waals surface area contributed by atoms with Crippen LogP contribution in [0.25, 0.3) is 0 Å². The zero-order valence-corrected chi connectivity index (χ0v) is 17.8. The molecule has 0 atom stereocenters. The van der Waals surface area contributed by atoms with Crippen LogP contribution in [0.15, 0.2) is 42.5 Å². The van der Waals surface area contributed by atoms with Gasteiger partial charge in [0, 0.05) is 25.7 Å². The maximum atomic E-state index is 13.6. The first-order valence-electron chi connectivity index (χ1n) is 10.6. The number of hydrogen-bond donors (Lipinski definition) is 1. The van der Waals surface area contributed by atoms with E-state index < -0.39 is 35.6 Å². The van der Waals surface area contributed by atoms with Gasteiger partial charge in [-0.2, -0.15) is 26.3 Å². The van der Waals surface area contributed by atoms with Crippen LogP contribution in [0.4, 0.5) is 36.8 Å². The molecule has 3 amide bonds. The van der Waals surface area contributed by atoms with Gasteiger partial charge in [0.15, 0.2) is 0 Å². The van der Waals surface area contributed by atoms with Crippen molar-refractivity contribution in [2.75, 3.05) is 18.0 Å². The monoisotopic (exact) mass is 485 g/mol. The minimum absolute atomic E-state index is 0.000946. The Hall–Kier alpha value is -3.24. The van der Waals surface area contributed by atoms with Gasteiger partial charge in [0.2, 0.25) is 5.91 Å². The van der Waals surface area contributed by atoms with Crippen LogP contribution >= 0.6 is 0 Å². The second kappa shape index (κ2) is 8.84. The fraction of sp³-hybridized carbons (Fsp3) is 0.391. The Kier molecular flexibility index (Phi) is 6.22. The summed E-state index contributed by atoms with van der Waals surface area (Å²) in [7, 11) is 0. The topological polar surface area (TPSA) is 52.7 Å². The van der Waals surface area contributed by atoms with Gasteiger partial charge in [-0.3, -0.25) is 9.69 Å². The average molecular weight is 485 g/mol. The second-order valence-electron chi connectivity index (χ2n) is 8.32. The van der Waals surface area contributed by atoms with E-state index >= 15 is 0 Å². The second-order valence-corrected chi connectivity index (χ2v) is 8.32. The van der Waals surface area contributed by atoms with Crippen LogP contribution in [-0.2, 0) is 30.1 Å². The van der Waals surface area contributed by atoms with Crippen LogP contribution in [0, 0.1) is 0 Å². The number of amides is 3. The molecule has 0 unspecified atom stereocenters. The molecular formula is C23H21F6N3O2. The number of para-hydroxylation sites is 1. The molecule has 4 rings (SSSR count). The molecule has 0 aliphatic carbocycles. The molecule has 0 bridgehead atoms. The molecule has 0 saturated carbocycles. The van der Waals surface area contributed by atoms with E-state index in [0.29, 0.717) is 11.1 Å². The van der Waals surface area contributed by atoms with E-state index in [-0.39, 0.29) is 50.5 Å². The van der Waals surface area contributed by atoms with Crippen molar-refractivity contribution in [2.24, 2.45) is 0 Å². The van der Waals surface area contributed by atoms with Crippen molar-refractivity contribution in [1.29, 1.82) is 0 Å². The number of benzene rings is 2. The van der Waals surface area contributed by atoms with E-state index in [1.54, 1.807) is 6.07 Å². The molecule has 5 nitrogen and oxygen atoms in total. The van der Waals surface area contributed by atoms with Gasteiger partial charge in [0.05, 0.1) is 23.2 Å². The van der Waals surface area contributed by atoms with E-state index in [9.17, 15) is 35.9 Å². The van der Waals surface area contributed by atoms with E-state index in [2.05, 4.69) is 5.32 Å². The van der Waals surface area contributed by atoms with Crippen molar-refractivity contribution in [2.45, 2.75) is 44.2 Å². The Balaban J connectivity index is 1.44. The first kappa shape index (κ1) is 23.9. The molecule has 0 radical (unpaired) electrons. The molecule has 2 aromatic carbocycles. The zero-order valence-electron chi connectivity index (χ0n) is 17.8. The molecule has 0 spiro atoms. The lowest BCUT2D eigenvalue weighted by Crippen LogP contribution is -2.54. The lowest BCUT2D eigenvalue weighted by atomic mass is 9.97. The van der Waals surface area contributed by atoms with E-state index in [0.717, 1.165) is 23.1 Å². The highest BCUT2D eigenvalue weighted by Crippen LogP contribution is 2.41. The minimum Gasteiger partial charge on any atom is -0.342 e. The van der Waals surface area contributed by atoms with Crippen LogP contribution in [0.3, 0.4) is 0 Å². The minimum atomic E-state index is -4.63. The Morgan fingerprint density at radius 2 is 1.59 bits per heavy atom. The number of anilines is 1. The fourth-order valence-electron chi connectivity index (χ4n) is 4.42. The Morgan fingerprint density at radius 1 is 0.941 bits per heavy atom. The number of carbonyl (C=O) groups is 2.